The quantitative estimate of drug-likeness (QED) is 0.0995. The molecule has 0 N–H and O–H groups in total. The van der Waals surface area contributed by atoms with Crippen LogP contribution in [0.1, 0.15) is 22.3 Å². The third-order valence-corrected chi connectivity index (χ3v) is 15.8. The Kier molecular flexibility index (Phi) is 11.2. The zero-order valence-corrected chi connectivity index (χ0v) is 41.9. The van der Waals surface area contributed by atoms with Gasteiger partial charge in [-0.3, -0.25) is 0 Å². The molecule has 0 fully saturated rings. The monoisotopic (exact) mass is 966 g/mol. The normalized spacial score (nSPS) is 12.4. The Hall–Kier alpha value is -9.70. The Morgan fingerprint density at radius 1 is 0.224 bits per heavy atom. The summed E-state index contributed by atoms with van der Waals surface area (Å²) < 4.78 is 0. The van der Waals surface area contributed by atoms with Gasteiger partial charge in [0, 0.05) is 34.1 Å². The van der Waals surface area contributed by atoms with Crippen LogP contribution in [0, 0.1) is 0 Å². The summed E-state index contributed by atoms with van der Waals surface area (Å²) in [5, 5.41) is 0. The molecule has 2 heterocycles. The third-order valence-electron chi connectivity index (χ3n) is 15.8. The molecule has 0 radical (unpaired) electrons. The minimum atomic E-state index is -0.586. The van der Waals surface area contributed by atoms with Crippen LogP contribution in [0.2, 0.25) is 0 Å². The van der Waals surface area contributed by atoms with Gasteiger partial charge in [-0.25, -0.2) is 0 Å². The highest BCUT2D eigenvalue weighted by Crippen LogP contribution is 2.50. The Balaban J connectivity index is 1.05. The van der Waals surface area contributed by atoms with Gasteiger partial charge < -0.3 is 9.80 Å². The first-order valence-corrected chi connectivity index (χ1v) is 26.4. The van der Waals surface area contributed by atoms with Crippen LogP contribution in [0.15, 0.2) is 309 Å². The van der Waals surface area contributed by atoms with Crippen molar-refractivity contribution in [2.75, 3.05) is 9.80 Å². The summed E-state index contributed by atoms with van der Waals surface area (Å²) in [5.41, 5.74) is 24.4. The van der Waals surface area contributed by atoms with E-state index in [0.29, 0.717) is 0 Å². The molecule has 76 heavy (non-hydrogen) atoms. The van der Waals surface area contributed by atoms with Gasteiger partial charge >= 0.3 is 0 Å². The molecule has 2 aliphatic rings. The SMILES string of the molecule is c1ccc(-c2cccc(N3c4cc(-c5ccccc5)ccc4B4c5ccc(-c6ccccc6)cc5N(c5ccc(C(c6ccccc6)(c6ccccc6)c6ccccc6)cc5)c5cc(-c6ccccc6)cc3c54)c2)cc1. The van der Waals surface area contributed by atoms with Crippen LogP contribution in [0.3, 0.4) is 0 Å². The molecule has 0 spiro atoms. The van der Waals surface area contributed by atoms with E-state index in [1.54, 1.807) is 0 Å². The molecule has 2 aliphatic heterocycles. The minimum Gasteiger partial charge on any atom is -0.311 e. The van der Waals surface area contributed by atoms with Crippen LogP contribution in [0.4, 0.5) is 34.1 Å². The van der Waals surface area contributed by atoms with Crippen LogP contribution in [-0.2, 0) is 5.41 Å². The summed E-state index contributed by atoms with van der Waals surface area (Å²) in [6, 6.07) is 114. The lowest BCUT2D eigenvalue weighted by Gasteiger charge is -2.45. The lowest BCUT2D eigenvalue weighted by Crippen LogP contribution is -2.61. The molecule has 2 nitrogen and oxygen atoms in total. The fourth-order valence-electron chi connectivity index (χ4n) is 12.3. The highest BCUT2D eigenvalue weighted by molar-refractivity contribution is 7.00. The van der Waals surface area contributed by atoms with E-state index in [-0.39, 0.29) is 6.71 Å². The lowest BCUT2D eigenvalue weighted by atomic mass is 9.33. The summed E-state index contributed by atoms with van der Waals surface area (Å²) >= 11 is 0. The van der Waals surface area contributed by atoms with Crippen molar-refractivity contribution in [3.05, 3.63) is 332 Å². The largest absolute Gasteiger partial charge is 0.311 e. The van der Waals surface area contributed by atoms with Crippen molar-refractivity contribution in [1.29, 1.82) is 0 Å². The van der Waals surface area contributed by atoms with Gasteiger partial charge in [0.1, 0.15) is 0 Å². The highest BCUT2D eigenvalue weighted by Gasteiger charge is 2.45. The molecule has 0 saturated carbocycles. The number of fused-ring (bicyclic) bond motifs is 4. The molecular formula is C73H51BN2. The van der Waals surface area contributed by atoms with Gasteiger partial charge in [-0.1, -0.05) is 261 Å². The van der Waals surface area contributed by atoms with E-state index < -0.39 is 5.41 Å². The van der Waals surface area contributed by atoms with Crippen molar-refractivity contribution >= 4 is 57.2 Å². The van der Waals surface area contributed by atoms with Crippen LogP contribution in [-0.4, -0.2) is 6.71 Å². The molecule has 14 rings (SSSR count). The van der Waals surface area contributed by atoms with Crippen molar-refractivity contribution in [2.24, 2.45) is 0 Å². The van der Waals surface area contributed by atoms with E-state index in [1.807, 2.05) is 0 Å². The first-order chi connectivity index (χ1) is 37.7. The van der Waals surface area contributed by atoms with Crippen molar-refractivity contribution < 1.29 is 0 Å². The van der Waals surface area contributed by atoms with Gasteiger partial charge in [-0.15, -0.1) is 0 Å². The van der Waals surface area contributed by atoms with E-state index in [1.165, 1.54) is 89.1 Å². The fourth-order valence-corrected chi connectivity index (χ4v) is 12.3. The molecule has 356 valence electrons. The topological polar surface area (TPSA) is 6.48 Å². The zero-order valence-electron chi connectivity index (χ0n) is 41.9. The minimum absolute atomic E-state index is 0.0690. The standard InChI is InChI=1S/C73H51BN2/c1-8-23-52(24-9-1)56-31-22-38-65(47-56)76-69-49-58(54-27-12-3-13-28-54)40-46-67(69)74-66-45-39-57(53-25-10-2-11-26-53)48-68(66)75(70-50-59(51-71(76)72(70)74)55-29-14-4-15-30-55)64-43-41-63(42-44-64)73(60-32-16-5-17-33-60,61-34-18-6-19-35-61)62-36-20-7-21-37-62/h1-51H. The van der Waals surface area contributed by atoms with Gasteiger partial charge in [-0.2, -0.15) is 0 Å². The van der Waals surface area contributed by atoms with Crippen molar-refractivity contribution in [1.82, 2.24) is 0 Å². The Morgan fingerprint density at radius 3 is 0.974 bits per heavy atom. The summed E-state index contributed by atoms with van der Waals surface area (Å²) in [5.74, 6) is 0. The first kappa shape index (κ1) is 45.0. The van der Waals surface area contributed by atoms with Gasteiger partial charge in [0.25, 0.3) is 6.71 Å². The van der Waals surface area contributed by atoms with Gasteiger partial charge in [-0.05, 0) is 132 Å². The Bertz CT molecular complexity index is 3920. The molecule has 3 heteroatoms. The molecule has 0 aliphatic carbocycles. The first-order valence-electron chi connectivity index (χ1n) is 26.4. The summed E-state index contributed by atoms with van der Waals surface area (Å²) in [6.07, 6.45) is 0. The maximum atomic E-state index is 2.56. The lowest BCUT2D eigenvalue weighted by molar-refractivity contribution is 0.745. The van der Waals surface area contributed by atoms with Gasteiger partial charge in [0.15, 0.2) is 0 Å². The molecule has 0 amide bonds. The molecule has 0 aromatic heterocycles. The average Bonchev–Trinajstić information content (AvgIpc) is 3.67. The maximum absolute atomic E-state index is 2.56. The smallest absolute Gasteiger partial charge is 0.252 e. The van der Waals surface area contributed by atoms with E-state index in [2.05, 4.69) is 319 Å². The average molecular weight is 967 g/mol. The second-order valence-electron chi connectivity index (χ2n) is 20.0. The Labute approximate surface area is 446 Å². The number of hydrogen-bond donors (Lipinski definition) is 0. The molecule has 0 bridgehead atoms. The number of benzene rings is 12. The van der Waals surface area contributed by atoms with Crippen molar-refractivity contribution in [3.63, 3.8) is 0 Å². The predicted molar refractivity (Wildman–Crippen MR) is 321 cm³/mol. The number of nitrogens with zero attached hydrogens (tertiary/aromatic N) is 2. The number of anilines is 6. The third kappa shape index (κ3) is 7.59. The molecule has 0 atom stereocenters. The predicted octanol–water partition coefficient (Wildman–Crippen LogP) is 16.8. The molecule has 0 unspecified atom stereocenters. The number of hydrogen-bond acceptors (Lipinski definition) is 2. The maximum Gasteiger partial charge on any atom is 0.252 e. The van der Waals surface area contributed by atoms with Crippen LogP contribution >= 0.6 is 0 Å². The van der Waals surface area contributed by atoms with E-state index >= 15 is 0 Å². The summed E-state index contributed by atoms with van der Waals surface area (Å²) in [7, 11) is 0. The van der Waals surface area contributed by atoms with Crippen LogP contribution < -0.4 is 26.2 Å². The van der Waals surface area contributed by atoms with E-state index in [4.69, 9.17) is 0 Å². The van der Waals surface area contributed by atoms with Crippen molar-refractivity contribution in [2.45, 2.75) is 5.41 Å². The second-order valence-corrected chi connectivity index (χ2v) is 20.0. The van der Waals surface area contributed by atoms with Crippen LogP contribution in [0.25, 0.3) is 44.5 Å². The van der Waals surface area contributed by atoms with Gasteiger partial charge in [0.2, 0.25) is 0 Å². The molecular weight excluding hydrogens is 916 g/mol. The number of rotatable bonds is 10. The van der Waals surface area contributed by atoms with Crippen LogP contribution in [0.5, 0.6) is 0 Å². The molecule has 12 aromatic carbocycles. The Morgan fingerprint density at radius 2 is 0.553 bits per heavy atom. The molecule has 12 aromatic rings. The second kappa shape index (κ2) is 19.0. The zero-order chi connectivity index (χ0) is 50.4. The molecule has 0 saturated heterocycles. The van der Waals surface area contributed by atoms with Crippen molar-refractivity contribution in [3.8, 4) is 44.5 Å². The summed E-state index contributed by atoms with van der Waals surface area (Å²) in [6.45, 7) is -0.0690. The highest BCUT2D eigenvalue weighted by atomic mass is 15.2. The fraction of sp³-hybridized carbons (Fsp3) is 0.0137. The van der Waals surface area contributed by atoms with Gasteiger partial charge in [0.05, 0.1) is 5.41 Å². The van der Waals surface area contributed by atoms with E-state index in [9.17, 15) is 0 Å². The summed E-state index contributed by atoms with van der Waals surface area (Å²) in [4.78, 5) is 5.11. The van der Waals surface area contributed by atoms with E-state index in [0.717, 1.165) is 28.2 Å².